The lowest BCUT2D eigenvalue weighted by Gasteiger charge is -2.41. The van der Waals surface area contributed by atoms with Gasteiger partial charge >= 0.3 is 0 Å². The molecule has 0 aromatic heterocycles. The lowest BCUT2D eigenvalue weighted by atomic mass is 9.91. The molecule has 12 atom stereocenters. The fourth-order valence-electron chi connectivity index (χ4n) is 10.4. The standard InChI is InChI=1S/C61H109N11O12/c1-24-26-27-39(15)51(74)50-56(79)64-42(25-2)57(80)67(18)32-47(73)68(19)44(29-34(5)6)55(78)66-48(37(11)12)60(83)69(20)45(30-35(7)8)54(77)63-40(16)52(75)62-41(17)53(76)65-43(28-33(3)4)58(81)70(21)46(31-36(9)10)59(82)71(22)49(38(13)14)61(84)72(50)23/h24,26,33-46,48-51,74H,25,27-32H2,1-23H3,(H,62,75)(H,63,77)(H,64,79)(H,65,76)(H,66,78). The Morgan fingerprint density at radius 2 is 0.893 bits per heavy atom. The third-order valence-corrected chi connectivity index (χ3v) is 15.6. The summed E-state index contributed by atoms with van der Waals surface area (Å²) in [5.74, 6) is -9.86. The van der Waals surface area contributed by atoms with E-state index in [0.717, 1.165) is 9.80 Å². The predicted octanol–water partition coefficient (Wildman–Crippen LogP) is 2.93. The Morgan fingerprint density at radius 1 is 0.464 bits per heavy atom. The van der Waals surface area contributed by atoms with E-state index < -0.39 is 156 Å². The number of rotatable bonds is 15. The Kier molecular flexibility index (Phi) is 31.4. The molecule has 1 aliphatic rings. The first-order chi connectivity index (χ1) is 38.8. The van der Waals surface area contributed by atoms with Crippen LogP contribution in [0, 0.1) is 41.4 Å². The van der Waals surface area contributed by atoms with E-state index in [4.69, 9.17) is 0 Å². The van der Waals surface area contributed by atoms with Crippen LogP contribution in [0.4, 0.5) is 0 Å². The zero-order valence-electron chi connectivity index (χ0n) is 55.1. The summed E-state index contributed by atoms with van der Waals surface area (Å²) in [5, 5.41) is 25.7. The number of carbonyl (C=O) groups is 11. The summed E-state index contributed by atoms with van der Waals surface area (Å²) < 4.78 is 0. The molecule has 6 N–H and O–H groups in total. The molecule has 1 aliphatic heterocycles. The first-order valence-corrected chi connectivity index (χ1v) is 30.2. The summed E-state index contributed by atoms with van der Waals surface area (Å²) >= 11 is 0. The van der Waals surface area contributed by atoms with Crippen LogP contribution in [0.2, 0.25) is 0 Å². The first-order valence-electron chi connectivity index (χ1n) is 30.2. The number of carbonyl (C=O) groups excluding carboxylic acids is 11. The van der Waals surface area contributed by atoms with Gasteiger partial charge in [-0.1, -0.05) is 109 Å². The highest BCUT2D eigenvalue weighted by Gasteiger charge is 2.45. The minimum Gasteiger partial charge on any atom is -0.390 e. The zero-order chi connectivity index (χ0) is 65.1. The maximum atomic E-state index is 15.1. The molecule has 12 unspecified atom stereocenters. The van der Waals surface area contributed by atoms with E-state index in [2.05, 4.69) is 26.6 Å². The van der Waals surface area contributed by atoms with Crippen LogP contribution in [0.25, 0.3) is 0 Å². The van der Waals surface area contributed by atoms with Crippen molar-refractivity contribution >= 4 is 65.0 Å². The van der Waals surface area contributed by atoms with Gasteiger partial charge in [-0.2, -0.15) is 0 Å². The second-order valence-electron chi connectivity index (χ2n) is 25.7. The maximum Gasteiger partial charge on any atom is 0.246 e. The average molecular weight is 1190 g/mol. The molecule has 84 heavy (non-hydrogen) atoms. The van der Waals surface area contributed by atoms with E-state index in [1.807, 2.05) is 55.4 Å². The summed E-state index contributed by atoms with van der Waals surface area (Å²) in [7, 11) is 8.44. The molecule has 0 aliphatic carbocycles. The second kappa shape index (κ2) is 34.7. The van der Waals surface area contributed by atoms with Crippen molar-refractivity contribution in [2.45, 2.75) is 223 Å². The topological polar surface area (TPSA) is 288 Å². The minimum atomic E-state index is -1.61. The van der Waals surface area contributed by atoms with E-state index >= 15 is 9.59 Å². The molecule has 480 valence electrons. The van der Waals surface area contributed by atoms with E-state index in [9.17, 15) is 48.3 Å². The van der Waals surface area contributed by atoms with Gasteiger partial charge in [0.2, 0.25) is 65.0 Å². The van der Waals surface area contributed by atoms with Gasteiger partial charge in [0.15, 0.2) is 0 Å². The zero-order valence-corrected chi connectivity index (χ0v) is 55.1. The molecular weight excluding hydrogens is 1080 g/mol. The van der Waals surface area contributed by atoms with Crippen molar-refractivity contribution in [3.63, 3.8) is 0 Å². The number of nitrogens with one attached hydrogen (secondary N) is 5. The maximum absolute atomic E-state index is 15.1. The van der Waals surface area contributed by atoms with Crippen LogP contribution in [0.1, 0.15) is 156 Å². The van der Waals surface area contributed by atoms with Crippen LogP contribution >= 0.6 is 0 Å². The molecule has 0 radical (unpaired) electrons. The lowest BCUT2D eigenvalue weighted by Crippen LogP contribution is -2.63. The fourth-order valence-corrected chi connectivity index (χ4v) is 10.4. The average Bonchev–Trinajstić information content (AvgIpc) is 3.62. The number of allylic oxidation sites excluding steroid dienone is 2. The van der Waals surface area contributed by atoms with Crippen molar-refractivity contribution in [2.75, 3.05) is 48.8 Å². The van der Waals surface area contributed by atoms with Gasteiger partial charge in [0.1, 0.15) is 60.4 Å². The lowest BCUT2D eigenvalue weighted by molar-refractivity contribution is -0.156. The molecule has 23 heteroatoms. The van der Waals surface area contributed by atoms with E-state index in [0.29, 0.717) is 6.42 Å². The minimum absolute atomic E-state index is 0.0226. The first kappa shape index (κ1) is 75.9. The number of hydrogen-bond acceptors (Lipinski definition) is 12. The van der Waals surface area contributed by atoms with Crippen molar-refractivity contribution in [3.05, 3.63) is 12.2 Å². The van der Waals surface area contributed by atoms with Gasteiger partial charge in [0.25, 0.3) is 0 Å². The largest absolute Gasteiger partial charge is 0.390 e. The van der Waals surface area contributed by atoms with Crippen LogP contribution in [0.15, 0.2) is 12.2 Å². The molecule has 23 nitrogen and oxygen atoms in total. The number of aliphatic hydroxyl groups is 1. The summed E-state index contributed by atoms with van der Waals surface area (Å²) in [5.41, 5.74) is 0. The van der Waals surface area contributed by atoms with Crippen molar-refractivity contribution in [2.24, 2.45) is 41.4 Å². The van der Waals surface area contributed by atoms with Crippen molar-refractivity contribution in [1.82, 2.24) is 56.0 Å². The molecule has 0 bridgehead atoms. The summed E-state index contributed by atoms with van der Waals surface area (Å²) in [6.07, 6.45) is 3.01. The van der Waals surface area contributed by atoms with Crippen LogP contribution in [0.5, 0.6) is 0 Å². The van der Waals surface area contributed by atoms with E-state index in [1.54, 1.807) is 60.6 Å². The third kappa shape index (κ3) is 21.7. The molecule has 1 heterocycles. The number of amides is 11. The van der Waals surface area contributed by atoms with Crippen LogP contribution in [-0.2, 0) is 52.7 Å². The van der Waals surface area contributed by atoms with Crippen LogP contribution in [-0.4, -0.2) is 215 Å². The molecule has 0 saturated carbocycles. The molecule has 11 amide bonds. The summed E-state index contributed by atoms with van der Waals surface area (Å²) in [6.45, 7) is 29.2. The second-order valence-corrected chi connectivity index (χ2v) is 25.7. The highest BCUT2D eigenvalue weighted by atomic mass is 16.3. The van der Waals surface area contributed by atoms with Crippen molar-refractivity contribution in [3.8, 4) is 0 Å². The van der Waals surface area contributed by atoms with Gasteiger partial charge < -0.3 is 61.1 Å². The van der Waals surface area contributed by atoms with Gasteiger partial charge in [0.05, 0.1) is 12.6 Å². The Labute approximate surface area is 502 Å². The molecular formula is C61H109N11O12. The number of likely N-dealkylation sites (N-methyl/N-ethyl adjacent to an activating group) is 6. The Bertz CT molecular complexity index is 2290. The predicted molar refractivity (Wildman–Crippen MR) is 324 cm³/mol. The van der Waals surface area contributed by atoms with Gasteiger partial charge in [-0.05, 0) is 101 Å². The SMILES string of the molecule is CC=CCC(C)C(O)C1C(=O)NC(CC)C(=O)N(C)CC(=O)N(C)C(CC(C)C)C(=O)NC(C(C)C)C(=O)N(C)C(CC(C)C)C(=O)NC(C)C(=O)NC(C)C(=O)NC(CC(C)C)C(=O)N(C)C(CC(C)C)C(=O)N(C)C(C(C)C)C(=O)N1C. The van der Waals surface area contributed by atoms with Gasteiger partial charge in [-0.15, -0.1) is 0 Å². The fraction of sp³-hybridized carbons (Fsp3) is 0.787. The summed E-state index contributed by atoms with van der Waals surface area (Å²) in [6, 6.07) is -12.4. The number of hydrogen-bond donors (Lipinski definition) is 6. The Morgan fingerprint density at radius 3 is 1.36 bits per heavy atom. The third-order valence-electron chi connectivity index (χ3n) is 15.6. The van der Waals surface area contributed by atoms with Gasteiger partial charge in [-0.3, -0.25) is 52.7 Å². The quantitative estimate of drug-likeness (QED) is 0.129. The normalized spacial score (nSPS) is 27.0. The van der Waals surface area contributed by atoms with Crippen LogP contribution in [0.3, 0.4) is 0 Å². The molecule has 1 rings (SSSR count). The molecule has 1 fully saturated rings. The monoisotopic (exact) mass is 1190 g/mol. The van der Waals surface area contributed by atoms with E-state index in [-0.39, 0.29) is 55.8 Å². The highest BCUT2D eigenvalue weighted by Crippen LogP contribution is 2.25. The summed E-state index contributed by atoms with van der Waals surface area (Å²) in [4.78, 5) is 166. The van der Waals surface area contributed by atoms with E-state index in [1.165, 1.54) is 75.7 Å². The van der Waals surface area contributed by atoms with Gasteiger partial charge in [-0.25, -0.2) is 0 Å². The number of aliphatic hydroxyl groups excluding tert-OH is 1. The van der Waals surface area contributed by atoms with Gasteiger partial charge in [0, 0.05) is 42.3 Å². The molecule has 1 saturated heterocycles. The molecule has 0 aromatic rings. The molecule has 0 spiro atoms. The smallest absolute Gasteiger partial charge is 0.246 e. The Balaban J connectivity index is 4.27. The van der Waals surface area contributed by atoms with Crippen molar-refractivity contribution in [1.29, 1.82) is 0 Å². The number of nitrogens with zero attached hydrogens (tertiary/aromatic N) is 6. The molecule has 0 aromatic carbocycles. The van der Waals surface area contributed by atoms with Crippen LogP contribution < -0.4 is 26.6 Å². The highest BCUT2D eigenvalue weighted by molar-refractivity contribution is 5.99. The van der Waals surface area contributed by atoms with Crippen molar-refractivity contribution < 1.29 is 57.8 Å². The Hall–Kier alpha value is -6.13.